The molecule has 18 heavy (non-hydrogen) atoms. The van der Waals surface area contributed by atoms with Crippen molar-refractivity contribution in [2.45, 2.75) is 6.10 Å². The normalized spacial score (nSPS) is 11.9. The summed E-state index contributed by atoms with van der Waals surface area (Å²) in [6.45, 7) is -0.235. The fourth-order valence-electron chi connectivity index (χ4n) is 1.29. The van der Waals surface area contributed by atoms with Crippen molar-refractivity contribution in [1.82, 2.24) is 5.32 Å². The van der Waals surface area contributed by atoms with Gasteiger partial charge in [-0.1, -0.05) is 6.07 Å². The number of nitrogens with one attached hydrogen (secondary N) is 1. The molecule has 0 bridgehead atoms. The molecule has 0 aliphatic heterocycles. The summed E-state index contributed by atoms with van der Waals surface area (Å²) in [7, 11) is 1.21. The molecule has 98 valence electrons. The molecular formula is C11H13FN2O4. The van der Waals surface area contributed by atoms with Crippen LogP contribution in [-0.4, -0.2) is 36.7 Å². The van der Waals surface area contributed by atoms with Crippen molar-refractivity contribution in [2.24, 2.45) is 0 Å². The van der Waals surface area contributed by atoms with Gasteiger partial charge in [-0.15, -0.1) is 0 Å². The molecule has 1 unspecified atom stereocenters. The minimum absolute atomic E-state index is 0.0461. The Morgan fingerprint density at radius 1 is 1.56 bits per heavy atom. The first kappa shape index (κ1) is 13.9. The molecule has 1 aromatic carbocycles. The monoisotopic (exact) mass is 256 g/mol. The number of halogens is 1. The average molecular weight is 256 g/mol. The Morgan fingerprint density at radius 3 is 2.78 bits per heavy atom. The number of carboxylic acid groups (broad SMARTS) is 1. The van der Waals surface area contributed by atoms with Crippen LogP contribution in [0.25, 0.3) is 0 Å². The van der Waals surface area contributed by atoms with Crippen molar-refractivity contribution < 1.29 is 23.8 Å². The standard InChI is InChI=1S/C11H13FN2O4/c1-18-8(11(16)17)5-14-10(15)6-3-2-4-7(12)9(6)13/h2-4,8H,5,13H2,1H3,(H,14,15)(H,16,17). The van der Waals surface area contributed by atoms with Gasteiger partial charge >= 0.3 is 5.97 Å². The van der Waals surface area contributed by atoms with E-state index in [0.717, 1.165) is 6.07 Å². The van der Waals surface area contributed by atoms with Crippen LogP contribution in [0.5, 0.6) is 0 Å². The zero-order valence-corrected chi connectivity index (χ0v) is 9.64. The highest BCUT2D eigenvalue weighted by atomic mass is 19.1. The fraction of sp³-hybridized carbons (Fsp3) is 0.273. The number of hydrogen-bond donors (Lipinski definition) is 3. The van der Waals surface area contributed by atoms with E-state index in [9.17, 15) is 14.0 Å². The van der Waals surface area contributed by atoms with Crippen molar-refractivity contribution in [3.63, 3.8) is 0 Å². The summed E-state index contributed by atoms with van der Waals surface area (Å²) >= 11 is 0. The third-order valence-electron chi connectivity index (χ3n) is 2.31. The molecule has 0 aliphatic rings. The van der Waals surface area contributed by atoms with Crippen molar-refractivity contribution in [1.29, 1.82) is 0 Å². The molecule has 0 saturated carbocycles. The summed E-state index contributed by atoms with van der Waals surface area (Å²) in [5.41, 5.74) is 5.07. The molecule has 0 spiro atoms. The number of aliphatic carboxylic acids is 1. The van der Waals surface area contributed by atoms with Crippen LogP contribution >= 0.6 is 0 Å². The number of carbonyl (C=O) groups excluding carboxylic acids is 1. The molecule has 1 rings (SSSR count). The number of anilines is 1. The zero-order chi connectivity index (χ0) is 13.7. The number of hydrogen-bond acceptors (Lipinski definition) is 4. The van der Waals surface area contributed by atoms with Gasteiger partial charge in [0.25, 0.3) is 5.91 Å². The molecule has 0 fully saturated rings. The van der Waals surface area contributed by atoms with Gasteiger partial charge in [0.1, 0.15) is 5.82 Å². The minimum Gasteiger partial charge on any atom is -0.479 e. The van der Waals surface area contributed by atoms with Crippen molar-refractivity contribution in [2.75, 3.05) is 19.4 Å². The lowest BCUT2D eigenvalue weighted by atomic mass is 10.1. The molecule has 1 atom stereocenters. The van der Waals surface area contributed by atoms with E-state index in [1.165, 1.54) is 19.2 Å². The van der Waals surface area contributed by atoms with Crippen molar-refractivity contribution in [3.8, 4) is 0 Å². The van der Waals surface area contributed by atoms with Crippen LogP contribution < -0.4 is 11.1 Å². The lowest BCUT2D eigenvalue weighted by Crippen LogP contribution is -2.38. The maximum atomic E-state index is 13.1. The van der Waals surface area contributed by atoms with Gasteiger partial charge in [-0.2, -0.15) is 0 Å². The SMILES string of the molecule is COC(CNC(=O)c1cccc(F)c1N)C(=O)O. The third kappa shape index (κ3) is 3.17. The quantitative estimate of drug-likeness (QED) is 0.655. The van der Waals surface area contributed by atoms with Gasteiger partial charge in [0.15, 0.2) is 6.10 Å². The predicted octanol–water partition coefficient (Wildman–Crippen LogP) is 0.237. The van der Waals surface area contributed by atoms with E-state index in [2.05, 4.69) is 10.1 Å². The van der Waals surface area contributed by atoms with Gasteiger partial charge in [-0.3, -0.25) is 4.79 Å². The van der Waals surface area contributed by atoms with Crippen LogP contribution in [0.2, 0.25) is 0 Å². The summed E-state index contributed by atoms with van der Waals surface area (Å²) in [6.07, 6.45) is -1.16. The van der Waals surface area contributed by atoms with Crippen LogP contribution in [0.1, 0.15) is 10.4 Å². The number of amides is 1. The second-order valence-electron chi connectivity index (χ2n) is 3.47. The molecular weight excluding hydrogens is 243 g/mol. The first-order valence-corrected chi connectivity index (χ1v) is 5.05. The largest absolute Gasteiger partial charge is 0.479 e. The molecule has 0 radical (unpaired) electrons. The molecule has 7 heteroatoms. The van der Waals surface area contributed by atoms with Crippen LogP contribution in [0, 0.1) is 5.82 Å². The molecule has 0 heterocycles. The highest BCUT2D eigenvalue weighted by Gasteiger charge is 2.19. The fourth-order valence-corrected chi connectivity index (χ4v) is 1.29. The van der Waals surface area contributed by atoms with E-state index in [4.69, 9.17) is 10.8 Å². The Kier molecular flexibility index (Phi) is 4.61. The molecule has 4 N–H and O–H groups in total. The van der Waals surface area contributed by atoms with Crippen molar-refractivity contribution in [3.05, 3.63) is 29.6 Å². The summed E-state index contributed by atoms with van der Waals surface area (Å²) in [6, 6.07) is 3.81. The molecule has 1 aromatic rings. The van der Waals surface area contributed by atoms with Crippen LogP contribution in [-0.2, 0) is 9.53 Å². The van der Waals surface area contributed by atoms with Gasteiger partial charge in [-0.25, -0.2) is 9.18 Å². The topological polar surface area (TPSA) is 102 Å². The summed E-state index contributed by atoms with van der Waals surface area (Å²) in [5, 5.41) is 11.0. The Morgan fingerprint density at radius 2 is 2.22 bits per heavy atom. The van der Waals surface area contributed by atoms with Crippen molar-refractivity contribution >= 4 is 17.6 Å². The highest BCUT2D eigenvalue weighted by molar-refractivity contribution is 5.99. The Bertz CT molecular complexity index is 464. The van der Waals surface area contributed by atoms with Crippen LogP contribution in [0.4, 0.5) is 10.1 Å². The van der Waals surface area contributed by atoms with E-state index in [-0.39, 0.29) is 17.8 Å². The third-order valence-corrected chi connectivity index (χ3v) is 2.31. The average Bonchev–Trinajstić information content (AvgIpc) is 2.32. The van der Waals surface area contributed by atoms with Gasteiger partial charge < -0.3 is 20.9 Å². The number of benzene rings is 1. The number of nitrogens with two attached hydrogens (primary N) is 1. The van der Waals surface area contributed by atoms with Gasteiger partial charge in [-0.05, 0) is 12.1 Å². The van der Waals surface area contributed by atoms with Crippen LogP contribution in [0.3, 0.4) is 0 Å². The molecule has 0 aromatic heterocycles. The van der Waals surface area contributed by atoms with E-state index in [1.54, 1.807) is 0 Å². The molecule has 0 aliphatic carbocycles. The Hall–Kier alpha value is -2.15. The molecule has 0 saturated heterocycles. The van der Waals surface area contributed by atoms with E-state index < -0.39 is 23.8 Å². The predicted molar refractivity (Wildman–Crippen MR) is 61.6 cm³/mol. The van der Waals surface area contributed by atoms with Crippen LogP contribution in [0.15, 0.2) is 18.2 Å². The first-order chi connectivity index (χ1) is 8.47. The smallest absolute Gasteiger partial charge is 0.334 e. The minimum atomic E-state index is -1.20. The number of para-hydroxylation sites is 1. The Labute approximate surface area is 103 Å². The summed E-state index contributed by atoms with van der Waals surface area (Å²) in [4.78, 5) is 22.3. The van der Waals surface area contributed by atoms with Gasteiger partial charge in [0, 0.05) is 7.11 Å². The summed E-state index contributed by atoms with van der Waals surface area (Å²) in [5.74, 6) is -2.57. The highest BCUT2D eigenvalue weighted by Crippen LogP contribution is 2.15. The lowest BCUT2D eigenvalue weighted by Gasteiger charge is -2.12. The number of carboxylic acids is 1. The first-order valence-electron chi connectivity index (χ1n) is 5.05. The van der Waals surface area contributed by atoms with E-state index in [0.29, 0.717) is 0 Å². The molecule has 1 amide bonds. The number of nitrogen functional groups attached to an aromatic ring is 1. The summed E-state index contributed by atoms with van der Waals surface area (Å²) < 4.78 is 17.7. The number of methoxy groups -OCH3 is 1. The number of ether oxygens (including phenoxy) is 1. The van der Waals surface area contributed by atoms with E-state index >= 15 is 0 Å². The maximum absolute atomic E-state index is 13.1. The number of carbonyl (C=O) groups is 2. The Balaban J connectivity index is 2.71. The van der Waals surface area contributed by atoms with Gasteiger partial charge in [0.05, 0.1) is 17.8 Å². The lowest BCUT2D eigenvalue weighted by molar-refractivity contribution is -0.148. The zero-order valence-electron chi connectivity index (χ0n) is 9.64. The maximum Gasteiger partial charge on any atom is 0.334 e. The second kappa shape index (κ2) is 5.97. The van der Waals surface area contributed by atoms with Gasteiger partial charge in [0.2, 0.25) is 0 Å². The second-order valence-corrected chi connectivity index (χ2v) is 3.47. The number of rotatable bonds is 5. The molecule has 6 nitrogen and oxygen atoms in total. The van der Waals surface area contributed by atoms with E-state index in [1.807, 2.05) is 0 Å².